The fourth-order valence-electron chi connectivity index (χ4n) is 1.67. The molecule has 15 heavy (non-hydrogen) atoms. The maximum absolute atomic E-state index is 10.9. The van der Waals surface area contributed by atoms with E-state index in [1.54, 1.807) is 11.3 Å². The molecule has 0 spiro atoms. The van der Waals surface area contributed by atoms with Crippen molar-refractivity contribution >= 4 is 17.6 Å². The Morgan fingerprint density at radius 2 is 1.93 bits per heavy atom. The summed E-state index contributed by atoms with van der Waals surface area (Å²) in [5, 5.41) is 2.06. The summed E-state index contributed by atoms with van der Waals surface area (Å²) in [5.41, 5.74) is 4.16. The summed E-state index contributed by atoms with van der Waals surface area (Å²) >= 11 is 1.71. The van der Waals surface area contributed by atoms with Gasteiger partial charge in [-0.05, 0) is 36.4 Å². The summed E-state index contributed by atoms with van der Waals surface area (Å²) in [6.45, 7) is 4.12. The molecule has 1 nitrogen and oxygen atoms in total. The Hall–Kier alpha value is -1.41. The van der Waals surface area contributed by atoms with Gasteiger partial charge in [0.15, 0.2) is 6.29 Å². The van der Waals surface area contributed by atoms with Crippen molar-refractivity contribution in [1.82, 2.24) is 0 Å². The van der Waals surface area contributed by atoms with E-state index in [2.05, 4.69) is 24.4 Å². The van der Waals surface area contributed by atoms with E-state index in [1.165, 1.54) is 16.0 Å². The van der Waals surface area contributed by atoms with Crippen LogP contribution in [0.25, 0.3) is 11.1 Å². The molecule has 2 rings (SSSR count). The molecule has 0 saturated heterocycles. The summed E-state index contributed by atoms with van der Waals surface area (Å²) in [6.07, 6.45) is 0.922. The molecule has 76 valence electrons. The number of rotatable bonds is 2. The van der Waals surface area contributed by atoms with Gasteiger partial charge in [0, 0.05) is 10.4 Å². The third-order valence-electron chi connectivity index (χ3n) is 2.48. The van der Waals surface area contributed by atoms with Crippen molar-refractivity contribution in [3.8, 4) is 11.1 Å². The number of hydrogen-bond acceptors (Lipinski definition) is 2. The van der Waals surface area contributed by atoms with Gasteiger partial charge in [-0.3, -0.25) is 4.79 Å². The molecule has 0 fully saturated rings. The highest BCUT2D eigenvalue weighted by atomic mass is 32.1. The highest BCUT2D eigenvalue weighted by Gasteiger charge is 2.07. The first kappa shape index (κ1) is 10.1. The molecule has 0 amide bonds. The molecule has 0 radical (unpaired) electrons. The number of aldehydes is 1. The second kappa shape index (κ2) is 3.99. The quantitative estimate of drug-likeness (QED) is 0.697. The van der Waals surface area contributed by atoms with Crippen LogP contribution in [0.3, 0.4) is 0 Å². The topological polar surface area (TPSA) is 17.1 Å². The minimum Gasteiger partial charge on any atom is -0.298 e. The van der Waals surface area contributed by atoms with Gasteiger partial charge in [0.2, 0.25) is 0 Å². The van der Waals surface area contributed by atoms with Crippen molar-refractivity contribution in [3.05, 3.63) is 45.6 Å². The monoisotopic (exact) mass is 216 g/mol. The molecular weight excluding hydrogens is 204 g/mol. The predicted octanol–water partition coefficient (Wildman–Crippen LogP) is 3.84. The maximum Gasteiger partial charge on any atom is 0.150 e. The van der Waals surface area contributed by atoms with Crippen molar-refractivity contribution in [1.29, 1.82) is 0 Å². The SMILES string of the molecule is Cc1ccc(C=O)c(-c2ccsc2C)c1. The highest BCUT2D eigenvalue weighted by Crippen LogP contribution is 2.30. The summed E-state index contributed by atoms with van der Waals surface area (Å²) in [5.74, 6) is 0. The van der Waals surface area contributed by atoms with Crippen molar-refractivity contribution < 1.29 is 4.79 Å². The second-order valence-electron chi connectivity index (χ2n) is 3.60. The molecule has 0 unspecified atom stereocenters. The Morgan fingerprint density at radius 1 is 1.13 bits per heavy atom. The van der Waals surface area contributed by atoms with Crippen molar-refractivity contribution in [2.24, 2.45) is 0 Å². The largest absolute Gasteiger partial charge is 0.298 e. The molecule has 0 aliphatic carbocycles. The lowest BCUT2D eigenvalue weighted by Crippen LogP contribution is -1.88. The van der Waals surface area contributed by atoms with Crippen LogP contribution in [-0.2, 0) is 0 Å². The van der Waals surface area contributed by atoms with Crippen molar-refractivity contribution in [2.75, 3.05) is 0 Å². The molecule has 1 aromatic heterocycles. The van der Waals surface area contributed by atoms with Crippen LogP contribution < -0.4 is 0 Å². The standard InChI is InChI=1S/C13H12OS/c1-9-3-4-11(8-14)13(7-9)12-5-6-15-10(12)2/h3-8H,1-2H3. The number of hydrogen-bond donors (Lipinski definition) is 0. The van der Waals surface area contributed by atoms with Crippen LogP contribution in [0.5, 0.6) is 0 Å². The van der Waals surface area contributed by atoms with E-state index in [0.29, 0.717) is 0 Å². The average Bonchev–Trinajstić information content (AvgIpc) is 2.64. The van der Waals surface area contributed by atoms with E-state index in [4.69, 9.17) is 0 Å². The van der Waals surface area contributed by atoms with Crippen LogP contribution in [0.1, 0.15) is 20.8 Å². The number of thiophene rings is 1. The summed E-state index contributed by atoms with van der Waals surface area (Å²) in [6, 6.07) is 7.99. The van der Waals surface area contributed by atoms with Crippen LogP contribution in [0.15, 0.2) is 29.6 Å². The minimum absolute atomic E-state index is 0.766. The second-order valence-corrected chi connectivity index (χ2v) is 4.72. The van der Waals surface area contributed by atoms with Crippen LogP contribution in [0.2, 0.25) is 0 Å². The molecular formula is C13H12OS. The van der Waals surface area contributed by atoms with Crippen molar-refractivity contribution in [3.63, 3.8) is 0 Å². The molecule has 0 aliphatic heterocycles. The van der Waals surface area contributed by atoms with Crippen LogP contribution in [0.4, 0.5) is 0 Å². The Balaban J connectivity index is 2.65. The summed E-state index contributed by atoms with van der Waals surface area (Å²) in [7, 11) is 0. The highest BCUT2D eigenvalue weighted by molar-refractivity contribution is 7.10. The third-order valence-corrected chi connectivity index (χ3v) is 3.33. The molecule has 2 heteroatoms. The lowest BCUT2D eigenvalue weighted by atomic mass is 9.99. The van der Waals surface area contributed by atoms with Gasteiger partial charge in [-0.1, -0.05) is 23.8 Å². The van der Waals surface area contributed by atoms with E-state index >= 15 is 0 Å². The molecule has 1 aromatic carbocycles. The van der Waals surface area contributed by atoms with Gasteiger partial charge in [-0.25, -0.2) is 0 Å². The minimum atomic E-state index is 0.766. The van der Waals surface area contributed by atoms with Crippen LogP contribution >= 0.6 is 11.3 Å². The maximum atomic E-state index is 10.9. The van der Waals surface area contributed by atoms with Gasteiger partial charge >= 0.3 is 0 Å². The zero-order valence-electron chi connectivity index (χ0n) is 8.78. The Kier molecular flexibility index (Phi) is 2.69. The van der Waals surface area contributed by atoms with E-state index in [0.717, 1.165) is 17.4 Å². The fraction of sp³-hybridized carbons (Fsp3) is 0.154. The molecule has 0 atom stereocenters. The first-order valence-corrected chi connectivity index (χ1v) is 5.70. The summed E-state index contributed by atoms with van der Waals surface area (Å²) in [4.78, 5) is 12.2. The lowest BCUT2D eigenvalue weighted by Gasteiger charge is -2.05. The molecule has 0 N–H and O–H groups in total. The number of carbonyl (C=O) groups excluding carboxylic acids is 1. The Labute approximate surface area is 93.4 Å². The van der Waals surface area contributed by atoms with E-state index in [-0.39, 0.29) is 0 Å². The third kappa shape index (κ3) is 1.85. The first-order chi connectivity index (χ1) is 7.22. The van der Waals surface area contributed by atoms with E-state index in [9.17, 15) is 4.79 Å². The van der Waals surface area contributed by atoms with Gasteiger partial charge in [0.25, 0.3) is 0 Å². The van der Waals surface area contributed by atoms with Crippen molar-refractivity contribution in [2.45, 2.75) is 13.8 Å². The van der Waals surface area contributed by atoms with Crippen LogP contribution in [-0.4, -0.2) is 6.29 Å². The summed E-state index contributed by atoms with van der Waals surface area (Å²) < 4.78 is 0. The zero-order chi connectivity index (χ0) is 10.8. The normalized spacial score (nSPS) is 10.3. The molecule has 0 saturated carbocycles. The lowest BCUT2D eigenvalue weighted by molar-refractivity contribution is 0.112. The molecule has 2 aromatic rings. The molecule has 0 aliphatic rings. The average molecular weight is 216 g/mol. The van der Waals surface area contributed by atoms with Gasteiger partial charge < -0.3 is 0 Å². The Bertz CT molecular complexity index is 497. The van der Waals surface area contributed by atoms with E-state index < -0.39 is 0 Å². The zero-order valence-corrected chi connectivity index (χ0v) is 9.60. The Morgan fingerprint density at radius 3 is 2.53 bits per heavy atom. The van der Waals surface area contributed by atoms with Gasteiger partial charge in [-0.15, -0.1) is 11.3 Å². The van der Waals surface area contributed by atoms with Gasteiger partial charge in [0.05, 0.1) is 0 Å². The number of benzene rings is 1. The van der Waals surface area contributed by atoms with Gasteiger partial charge in [-0.2, -0.15) is 0 Å². The number of aryl methyl sites for hydroxylation is 2. The first-order valence-electron chi connectivity index (χ1n) is 4.82. The molecule has 0 bridgehead atoms. The van der Waals surface area contributed by atoms with E-state index in [1.807, 2.05) is 19.1 Å². The number of carbonyl (C=O) groups is 1. The van der Waals surface area contributed by atoms with Gasteiger partial charge in [0.1, 0.15) is 0 Å². The predicted molar refractivity (Wildman–Crippen MR) is 64.6 cm³/mol. The smallest absolute Gasteiger partial charge is 0.150 e. The molecule has 1 heterocycles. The van der Waals surface area contributed by atoms with Crippen LogP contribution in [0, 0.1) is 13.8 Å². The fourth-order valence-corrected chi connectivity index (χ4v) is 2.38.